The maximum absolute atomic E-state index is 12.7. The predicted molar refractivity (Wildman–Crippen MR) is 80.4 cm³/mol. The molecule has 1 aliphatic heterocycles. The van der Waals surface area contributed by atoms with Crippen molar-refractivity contribution < 1.29 is 4.79 Å². The first-order valence-electron chi connectivity index (χ1n) is 7.59. The van der Waals surface area contributed by atoms with E-state index in [1.165, 1.54) is 6.42 Å². The first kappa shape index (κ1) is 14.9. The third-order valence-electron chi connectivity index (χ3n) is 4.44. The number of likely N-dealkylation sites (tertiary alicyclic amines) is 1. The number of nitrogen functional groups attached to an aromatic ring is 1. The van der Waals surface area contributed by atoms with Gasteiger partial charge in [-0.1, -0.05) is 27.2 Å². The Morgan fingerprint density at radius 2 is 2.15 bits per heavy atom. The summed E-state index contributed by atoms with van der Waals surface area (Å²) >= 11 is 0. The number of rotatable bonds is 3. The van der Waals surface area contributed by atoms with Gasteiger partial charge >= 0.3 is 0 Å². The zero-order valence-electron chi connectivity index (χ0n) is 12.9. The molecule has 0 radical (unpaired) electrons. The zero-order valence-corrected chi connectivity index (χ0v) is 12.9. The van der Waals surface area contributed by atoms with Crippen LogP contribution in [0.1, 0.15) is 56.7 Å². The summed E-state index contributed by atoms with van der Waals surface area (Å²) in [6.45, 7) is 9.39. The second-order valence-electron chi connectivity index (χ2n) is 6.23. The molecule has 0 spiro atoms. The SMILES string of the molecule is CCCc1[nH]nc(C(=O)N2CC(C)CC(C)C2C)c1N. The first-order chi connectivity index (χ1) is 9.45. The van der Waals surface area contributed by atoms with Crippen molar-refractivity contribution in [2.75, 3.05) is 12.3 Å². The number of anilines is 1. The van der Waals surface area contributed by atoms with Crippen LogP contribution < -0.4 is 5.73 Å². The van der Waals surface area contributed by atoms with E-state index in [9.17, 15) is 4.79 Å². The topological polar surface area (TPSA) is 75.0 Å². The van der Waals surface area contributed by atoms with Gasteiger partial charge in [-0.15, -0.1) is 0 Å². The Labute approximate surface area is 120 Å². The standard InChI is InChI=1S/C15H26N4O/c1-5-6-12-13(16)14(18-17-12)15(20)19-8-9(2)7-10(3)11(19)4/h9-11H,5-8,16H2,1-4H3,(H,17,18). The van der Waals surface area contributed by atoms with Crippen LogP contribution in [-0.2, 0) is 6.42 Å². The molecule has 1 aliphatic rings. The van der Waals surface area contributed by atoms with Crippen molar-refractivity contribution in [2.24, 2.45) is 11.8 Å². The number of piperidine rings is 1. The van der Waals surface area contributed by atoms with Crippen molar-refractivity contribution in [1.29, 1.82) is 0 Å². The van der Waals surface area contributed by atoms with E-state index in [4.69, 9.17) is 5.73 Å². The molecule has 0 aliphatic carbocycles. The number of carbonyl (C=O) groups excluding carboxylic acids is 1. The molecular formula is C15H26N4O. The van der Waals surface area contributed by atoms with Gasteiger partial charge in [-0.05, 0) is 31.6 Å². The minimum Gasteiger partial charge on any atom is -0.395 e. The summed E-state index contributed by atoms with van der Waals surface area (Å²) in [5.41, 5.74) is 7.86. The second-order valence-corrected chi connectivity index (χ2v) is 6.23. The predicted octanol–water partition coefficient (Wildman–Crippen LogP) is 2.45. The summed E-state index contributed by atoms with van der Waals surface area (Å²) in [6.07, 6.45) is 2.98. The van der Waals surface area contributed by atoms with E-state index in [1.54, 1.807) is 0 Å². The van der Waals surface area contributed by atoms with Gasteiger partial charge in [-0.25, -0.2) is 0 Å². The Balaban J connectivity index is 2.22. The Bertz CT molecular complexity index is 482. The van der Waals surface area contributed by atoms with Gasteiger partial charge in [-0.2, -0.15) is 5.10 Å². The van der Waals surface area contributed by atoms with E-state index in [0.29, 0.717) is 23.2 Å². The molecule has 1 fully saturated rings. The van der Waals surface area contributed by atoms with E-state index in [2.05, 4.69) is 37.9 Å². The molecule has 1 saturated heterocycles. The van der Waals surface area contributed by atoms with Crippen LogP contribution in [0.15, 0.2) is 0 Å². The minimum atomic E-state index is -0.0352. The van der Waals surface area contributed by atoms with Crippen molar-refractivity contribution in [3.05, 3.63) is 11.4 Å². The van der Waals surface area contributed by atoms with Crippen LogP contribution in [0, 0.1) is 11.8 Å². The summed E-state index contributed by atoms with van der Waals surface area (Å²) < 4.78 is 0. The molecule has 112 valence electrons. The summed E-state index contributed by atoms with van der Waals surface area (Å²) in [5, 5.41) is 7.06. The van der Waals surface area contributed by atoms with Gasteiger partial charge in [0.1, 0.15) is 0 Å². The molecule has 0 bridgehead atoms. The Morgan fingerprint density at radius 3 is 2.80 bits per heavy atom. The number of nitrogens with two attached hydrogens (primary N) is 1. The molecule has 1 aromatic rings. The molecular weight excluding hydrogens is 252 g/mol. The number of nitrogens with zero attached hydrogens (tertiary/aromatic N) is 2. The summed E-state index contributed by atoms with van der Waals surface area (Å²) in [6, 6.07) is 0.240. The van der Waals surface area contributed by atoms with Gasteiger partial charge in [0.05, 0.1) is 11.4 Å². The number of aromatic nitrogens is 2. The number of hydrogen-bond donors (Lipinski definition) is 2. The number of nitrogens with one attached hydrogen (secondary N) is 1. The van der Waals surface area contributed by atoms with Gasteiger partial charge in [-0.3, -0.25) is 9.89 Å². The van der Waals surface area contributed by atoms with E-state index >= 15 is 0 Å². The lowest BCUT2D eigenvalue weighted by atomic mass is 9.86. The molecule has 3 atom stereocenters. The maximum Gasteiger partial charge on any atom is 0.276 e. The molecule has 3 unspecified atom stereocenters. The highest BCUT2D eigenvalue weighted by atomic mass is 16.2. The fourth-order valence-corrected chi connectivity index (χ4v) is 3.11. The van der Waals surface area contributed by atoms with Gasteiger partial charge in [0, 0.05) is 12.6 Å². The molecule has 1 amide bonds. The van der Waals surface area contributed by atoms with Crippen LogP contribution in [0.4, 0.5) is 5.69 Å². The highest BCUT2D eigenvalue weighted by Crippen LogP contribution is 2.29. The van der Waals surface area contributed by atoms with E-state index in [0.717, 1.165) is 25.1 Å². The Kier molecular flexibility index (Phi) is 4.35. The number of aromatic amines is 1. The third-order valence-corrected chi connectivity index (χ3v) is 4.44. The molecule has 2 heterocycles. The number of amides is 1. The van der Waals surface area contributed by atoms with Gasteiger partial charge in [0.15, 0.2) is 5.69 Å². The van der Waals surface area contributed by atoms with Crippen molar-refractivity contribution in [1.82, 2.24) is 15.1 Å². The summed E-state index contributed by atoms with van der Waals surface area (Å²) in [5.74, 6) is 1.01. The average molecular weight is 278 g/mol. The van der Waals surface area contributed by atoms with E-state index in [-0.39, 0.29) is 11.9 Å². The van der Waals surface area contributed by atoms with Crippen LogP contribution in [0.25, 0.3) is 0 Å². The monoisotopic (exact) mass is 278 g/mol. The minimum absolute atomic E-state index is 0.0352. The van der Waals surface area contributed by atoms with Crippen molar-refractivity contribution in [2.45, 2.75) is 53.0 Å². The fourth-order valence-electron chi connectivity index (χ4n) is 3.11. The summed E-state index contributed by atoms with van der Waals surface area (Å²) in [7, 11) is 0. The normalized spacial score (nSPS) is 26.8. The van der Waals surface area contributed by atoms with Crippen LogP contribution in [0.5, 0.6) is 0 Å². The van der Waals surface area contributed by atoms with Crippen molar-refractivity contribution in [3.8, 4) is 0 Å². The third kappa shape index (κ3) is 2.67. The average Bonchev–Trinajstić information content (AvgIpc) is 2.75. The fraction of sp³-hybridized carbons (Fsp3) is 0.733. The van der Waals surface area contributed by atoms with Gasteiger partial charge in [0.25, 0.3) is 5.91 Å². The maximum atomic E-state index is 12.7. The van der Waals surface area contributed by atoms with Crippen molar-refractivity contribution >= 4 is 11.6 Å². The zero-order chi connectivity index (χ0) is 14.9. The molecule has 5 heteroatoms. The molecule has 2 rings (SSSR count). The van der Waals surface area contributed by atoms with Crippen LogP contribution in [-0.4, -0.2) is 33.6 Å². The molecule has 1 aromatic heterocycles. The smallest absolute Gasteiger partial charge is 0.276 e. The first-order valence-corrected chi connectivity index (χ1v) is 7.59. The van der Waals surface area contributed by atoms with Gasteiger partial charge in [0.2, 0.25) is 0 Å². The highest BCUT2D eigenvalue weighted by molar-refractivity contribution is 5.97. The Hall–Kier alpha value is -1.52. The van der Waals surface area contributed by atoms with E-state index in [1.807, 2.05) is 4.90 Å². The number of aryl methyl sites for hydroxylation is 1. The van der Waals surface area contributed by atoms with Crippen molar-refractivity contribution in [3.63, 3.8) is 0 Å². The molecule has 0 aromatic carbocycles. The Morgan fingerprint density at radius 1 is 1.45 bits per heavy atom. The molecule has 20 heavy (non-hydrogen) atoms. The number of hydrogen-bond acceptors (Lipinski definition) is 3. The largest absolute Gasteiger partial charge is 0.395 e. The molecule has 5 nitrogen and oxygen atoms in total. The highest BCUT2D eigenvalue weighted by Gasteiger charge is 2.34. The number of H-pyrrole nitrogens is 1. The lowest BCUT2D eigenvalue weighted by Crippen LogP contribution is -2.49. The second kappa shape index (κ2) is 5.85. The van der Waals surface area contributed by atoms with E-state index < -0.39 is 0 Å². The van der Waals surface area contributed by atoms with Crippen LogP contribution in [0.2, 0.25) is 0 Å². The molecule has 3 N–H and O–H groups in total. The lowest BCUT2D eigenvalue weighted by Gasteiger charge is -2.40. The lowest BCUT2D eigenvalue weighted by molar-refractivity contribution is 0.0451. The van der Waals surface area contributed by atoms with Crippen LogP contribution in [0.3, 0.4) is 0 Å². The quantitative estimate of drug-likeness (QED) is 0.891. The summed E-state index contributed by atoms with van der Waals surface area (Å²) in [4.78, 5) is 14.6. The van der Waals surface area contributed by atoms with Gasteiger partial charge < -0.3 is 10.6 Å². The molecule has 0 saturated carbocycles. The van der Waals surface area contributed by atoms with Crippen LogP contribution >= 0.6 is 0 Å². The number of carbonyl (C=O) groups is 1.